The van der Waals surface area contributed by atoms with E-state index in [-0.39, 0.29) is 11.9 Å². The fourth-order valence-corrected chi connectivity index (χ4v) is 4.55. The minimum Gasteiger partial charge on any atom is -0.362 e. The maximum Gasteiger partial charge on any atom is 0.270 e. The van der Waals surface area contributed by atoms with Crippen molar-refractivity contribution in [1.82, 2.24) is 25.3 Å². The Bertz CT molecular complexity index is 1020. The van der Waals surface area contributed by atoms with Gasteiger partial charge in [-0.15, -0.1) is 0 Å². The quantitative estimate of drug-likeness (QED) is 0.718. The summed E-state index contributed by atoms with van der Waals surface area (Å²) >= 11 is 0. The standard InChI is InChI=1S/C25H35N7O/c1-17-18(2)26-21(30-24(17)31(3)4)12-13-22-28-20(16-23(29-22)32-14-8-9-15-32)25(33)27-19-10-6-5-7-11-19/h12-13,16,19H,5-11,14-15H2,1-4H3,(H,27,33). The first-order valence-electron chi connectivity index (χ1n) is 12.1. The number of hydrogen-bond acceptors (Lipinski definition) is 7. The van der Waals surface area contributed by atoms with Gasteiger partial charge in [-0.05, 0) is 51.7 Å². The smallest absolute Gasteiger partial charge is 0.270 e. The van der Waals surface area contributed by atoms with Crippen LogP contribution >= 0.6 is 0 Å². The van der Waals surface area contributed by atoms with E-state index in [1.54, 1.807) is 6.08 Å². The van der Waals surface area contributed by atoms with Crippen molar-refractivity contribution < 1.29 is 4.79 Å². The molecular weight excluding hydrogens is 414 g/mol. The van der Waals surface area contributed by atoms with E-state index in [1.165, 1.54) is 19.3 Å². The Labute approximate surface area is 196 Å². The average molecular weight is 450 g/mol. The van der Waals surface area contributed by atoms with E-state index in [0.717, 1.165) is 61.7 Å². The lowest BCUT2D eigenvalue weighted by Crippen LogP contribution is -2.36. The van der Waals surface area contributed by atoms with Gasteiger partial charge in [0.15, 0.2) is 11.6 Å². The highest BCUT2D eigenvalue weighted by molar-refractivity contribution is 5.93. The van der Waals surface area contributed by atoms with Crippen LogP contribution in [0.3, 0.4) is 0 Å². The van der Waals surface area contributed by atoms with Gasteiger partial charge in [0.2, 0.25) is 0 Å². The highest BCUT2D eigenvalue weighted by Crippen LogP contribution is 2.22. The van der Waals surface area contributed by atoms with Gasteiger partial charge in [0.05, 0.1) is 0 Å². The van der Waals surface area contributed by atoms with Crippen molar-refractivity contribution in [3.63, 3.8) is 0 Å². The number of carbonyl (C=O) groups excluding carboxylic acids is 1. The molecule has 1 aliphatic carbocycles. The van der Waals surface area contributed by atoms with E-state index >= 15 is 0 Å². The Hall–Kier alpha value is -3.03. The van der Waals surface area contributed by atoms with E-state index in [0.29, 0.717) is 17.3 Å². The van der Waals surface area contributed by atoms with Crippen molar-refractivity contribution >= 4 is 29.7 Å². The van der Waals surface area contributed by atoms with Crippen molar-refractivity contribution in [3.8, 4) is 0 Å². The first-order valence-corrected chi connectivity index (χ1v) is 12.1. The number of hydrogen-bond donors (Lipinski definition) is 1. The number of carbonyl (C=O) groups is 1. The Kier molecular flexibility index (Phi) is 7.20. The van der Waals surface area contributed by atoms with Gasteiger partial charge in [-0.1, -0.05) is 19.3 Å². The van der Waals surface area contributed by atoms with Crippen LogP contribution in [-0.4, -0.2) is 59.1 Å². The van der Waals surface area contributed by atoms with Crippen molar-refractivity contribution in [1.29, 1.82) is 0 Å². The van der Waals surface area contributed by atoms with Crippen molar-refractivity contribution in [3.05, 3.63) is 34.7 Å². The van der Waals surface area contributed by atoms with E-state index in [2.05, 4.69) is 25.2 Å². The summed E-state index contributed by atoms with van der Waals surface area (Å²) in [6, 6.07) is 2.07. The Morgan fingerprint density at radius 2 is 1.64 bits per heavy atom. The number of nitrogens with one attached hydrogen (secondary N) is 1. The van der Waals surface area contributed by atoms with Crippen LogP contribution in [0.25, 0.3) is 12.2 Å². The molecule has 1 aliphatic heterocycles. The molecule has 0 unspecified atom stereocenters. The monoisotopic (exact) mass is 449 g/mol. The molecule has 176 valence electrons. The molecule has 1 saturated heterocycles. The summed E-state index contributed by atoms with van der Waals surface area (Å²) in [6.07, 6.45) is 11.6. The molecule has 0 spiro atoms. The number of rotatable bonds is 6. The van der Waals surface area contributed by atoms with Gasteiger partial charge in [-0.25, -0.2) is 19.9 Å². The first kappa shape index (κ1) is 23.1. The molecule has 0 bridgehead atoms. The van der Waals surface area contributed by atoms with Crippen LogP contribution in [0, 0.1) is 13.8 Å². The third kappa shape index (κ3) is 5.67. The summed E-state index contributed by atoms with van der Waals surface area (Å²) in [5, 5.41) is 3.19. The molecular formula is C25H35N7O. The van der Waals surface area contributed by atoms with Gasteiger partial charge < -0.3 is 15.1 Å². The normalized spacial score (nSPS) is 17.0. The second-order valence-electron chi connectivity index (χ2n) is 9.32. The number of aryl methyl sites for hydroxylation is 1. The molecule has 2 fully saturated rings. The molecule has 4 rings (SSSR count). The minimum atomic E-state index is -0.114. The summed E-state index contributed by atoms with van der Waals surface area (Å²) in [4.78, 5) is 35.8. The largest absolute Gasteiger partial charge is 0.362 e. The van der Waals surface area contributed by atoms with Gasteiger partial charge in [-0.3, -0.25) is 4.79 Å². The van der Waals surface area contributed by atoms with E-state index in [1.807, 2.05) is 45.0 Å². The van der Waals surface area contributed by atoms with Gasteiger partial charge in [0, 0.05) is 50.6 Å². The third-order valence-electron chi connectivity index (χ3n) is 6.52. The number of aromatic nitrogens is 4. The second kappa shape index (κ2) is 10.3. The topological polar surface area (TPSA) is 87.1 Å². The summed E-state index contributed by atoms with van der Waals surface area (Å²) in [5.74, 6) is 2.69. The molecule has 33 heavy (non-hydrogen) atoms. The van der Waals surface area contributed by atoms with Crippen molar-refractivity contribution in [2.45, 2.75) is 64.8 Å². The molecule has 3 heterocycles. The zero-order chi connectivity index (χ0) is 23.4. The van der Waals surface area contributed by atoms with Crippen molar-refractivity contribution in [2.24, 2.45) is 0 Å². The lowest BCUT2D eigenvalue weighted by molar-refractivity contribution is 0.0922. The highest BCUT2D eigenvalue weighted by atomic mass is 16.1. The maximum atomic E-state index is 13.0. The van der Waals surface area contributed by atoms with Gasteiger partial charge in [0.1, 0.15) is 17.3 Å². The summed E-state index contributed by atoms with van der Waals surface area (Å²) < 4.78 is 0. The zero-order valence-corrected chi connectivity index (χ0v) is 20.3. The molecule has 1 N–H and O–H groups in total. The molecule has 8 heteroatoms. The third-order valence-corrected chi connectivity index (χ3v) is 6.52. The van der Waals surface area contributed by atoms with Crippen LogP contribution in [0.4, 0.5) is 11.6 Å². The molecule has 2 aliphatic rings. The Morgan fingerprint density at radius 1 is 0.970 bits per heavy atom. The van der Waals surface area contributed by atoms with Gasteiger partial charge in [0.25, 0.3) is 5.91 Å². The zero-order valence-electron chi connectivity index (χ0n) is 20.3. The molecule has 1 amide bonds. The first-order chi connectivity index (χ1) is 15.9. The highest BCUT2D eigenvalue weighted by Gasteiger charge is 2.21. The molecule has 0 aromatic carbocycles. The lowest BCUT2D eigenvalue weighted by atomic mass is 9.95. The molecule has 0 radical (unpaired) electrons. The van der Waals surface area contributed by atoms with Gasteiger partial charge >= 0.3 is 0 Å². The molecule has 2 aromatic rings. The van der Waals surface area contributed by atoms with E-state index in [9.17, 15) is 4.79 Å². The fraction of sp³-hybridized carbons (Fsp3) is 0.560. The number of nitrogens with zero attached hydrogens (tertiary/aromatic N) is 6. The van der Waals surface area contributed by atoms with Crippen LogP contribution in [0.15, 0.2) is 6.07 Å². The second-order valence-corrected chi connectivity index (χ2v) is 9.32. The molecule has 8 nitrogen and oxygen atoms in total. The predicted molar refractivity (Wildman–Crippen MR) is 133 cm³/mol. The van der Waals surface area contributed by atoms with Crippen LogP contribution in [0.5, 0.6) is 0 Å². The molecule has 0 atom stereocenters. The predicted octanol–water partition coefficient (Wildman–Crippen LogP) is 3.78. The lowest BCUT2D eigenvalue weighted by Gasteiger charge is -2.23. The van der Waals surface area contributed by atoms with Crippen LogP contribution in [0.1, 0.15) is 78.3 Å². The summed E-state index contributed by atoms with van der Waals surface area (Å²) in [5.41, 5.74) is 2.42. The van der Waals surface area contributed by atoms with E-state index in [4.69, 9.17) is 4.98 Å². The molecule has 2 aromatic heterocycles. The summed E-state index contributed by atoms with van der Waals surface area (Å²) in [7, 11) is 3.95. The number of amides is 1. The Morgan fingerprint density at radius 3 is 2.30 bits per heavy atom. The summed E-state index contributed by atoms with van der Waals surface area (Å²) in [6.45, 7) is 5.92. The van der Waals surface area contributed by atoms with Crippen molar-refractivity contribution in [2.75, 3.05) is 37.0 Å². The van der Waals surface area contributed by atoms with Crippen LogP contribution in [-0.2, 0) is 0 Å². The molecule has 1 saturated carbocycles. The SMILES string of the molecule is Cc1nc(C=Cc2nc(C(=O)NC3CCCCC3)cc(N3CCCC3)n2)nc(N(C)C)c1C. The van der Waals surface area contributed by atoms with Crippen LogP contribution in [0.2, 0.25) is 0 Å². The minimum absolute atomic E-state index is 0.114. The number of anilines is 2. The Balaban J connectivity index is 1.62. The van der Waals surface area contributed by atoms with Crippen LogP contribution < -0.4 is 15.1 Å². The van der Waals surface area contributed by atoms with Gasteiger partial charge in [-0.2, -0.15) is 0 Å². The maximum absolute atomic E-state index is 13.0. The average Bonchev–Trinajstić information content (AvgIpc) is 3.35. The fourth-order valence-electron chi connectivity index (χ4n) is 4.55. The van der Waals surface area contributed by atoms with E-state index < -0.39 is 0 Å².